The lowest BCUT2D eigenvalue weighted by atomic mass is 9.89. The third-order valence-corrected chi connectivity index (χ3v) is 6.27. The number of hydrogen-bond donors (Lipinski definition) is 3. The van der Waals surface area contributed by atoms with Crippen LogP contribution in [0.3, 0.4) is 0 Å². The zero-order chi connectivity index (χ0) is 24.1. The van der Waals surface area contributed by atoms with Crippen LogP contribution in [0.2, 0.25) is 0 Å². The van der Waals surface area contributed by atoms with Crippen molar-refractivity contribution in [1.82, 2.24) is 15.8 Å². The largest absolute Gasteiger partial charge is 0.489 e. The number of aromatic nitrogens is 1. The number of pyridine rings is 1. The van der Waals surface area contributed by atoms with Gasteiger partial charge in [0.2, 0.25) is 0 Å². The van der Waals surface area contributed by atoms with Crippen LogP contribution in [0, 0.1) is 12.8 Å². The number of rotatable bonds is 7. The highest BCUT2D eigenvalue weighted by atomic mass is 16.5. The Labute approximate surface area is 198 Å². The predicted molar refractivity (Wildman–Crippen MR) is 126 cm³/mol. The molecule has 0 aliphatic carbocycles. The molecule has 8 nitrogen and oxygen atoms in total. The summed E-state index contributed by atoms with van der Waals surface area (Å²) < 4.78 is 11.8. The van der Waals surface area contributed by atoms with E-state index in [1.54, 1.807) is 36.7 Å². The van der Waals surface area contributed by atoms with E-state index < -0.39 is 17.6 Å². The fourth-order valence-corrected chi connectivity index (χ4v) is 4.32. The van der Waals surface area contributed by atoms with Crippen molar-refractivity contribution in [3.63, 3.8) is 0 Å². The quantitative estimate of drug-likeness (QED) is 0.362. The molecule has 2 unspecified atom stereocenters. The molecule has 2 amide bonds. The van der Waals surface area contributed by atoms with Gasteiger partial charge in [-0.1, -0.05) is 18.2 Å². The highest BCUT2D eigenvalue weighted by molar-refractivity contribution is 5.95. The summed E-state index contributed by atoms with van der Waals surface area (Å²) in [6.07, 6.45) is 2.14. The zero-order valence-corrected chi connectivity index (χ0v) is 19.3. The second kappa shape index (κ2) is 10.2. The van der Waals surface area contributed by atoms with Gasteiger partial charge in [-0.3, -0.25) is 19.8 Å². The summed E-state index contributed by atoms with van der Waals surface area (Å²) in [6, 6.07) is 16.8. The van der Waals surface area contributed by atoms with Crippen LogP contribution in [-0.4, -0.2) is 34.3 Å². The van der Waals surface area contributed by atoms with E-state index >= 15 is 0 Å². The molecule has 2 aromatic carbocycles. The van der Waals surface area contributed by atoms with Gasteiger partial charge in [0, 0.05) is 28.8 Å². The molecule has 1 aliphatic heterocycles. The molecule has 3 aromatic rings. The Morgan fingerprint density at radius 2 is 1.94 bits per heavy atom. The van der Waals surface area contributed by atoms with E-state index in [1.165, 1.54) is 0 Å². The minimum atomic E-state index is -1.17. The topological polar surface area (TPSA) is 110 Å². The predicted octanol–water partition coefficient (Wildman–Crippen LogP) is 3.89. The van der Waals surface area contributed by atoms with Crippen molar-refractivity contribution in [2.75, 3.05) is 6.61 Å². The highest BCUT2D eigenvalue weighted by Gasteiger charge is 2.44. The molecule has 1 aromatic heterocycles. The Hall–Kier alpha value is -3.49. The normalized spacial score (nSPS) is 18.8. The molecule has 0 radical (unpaired) electrons. The summed E-state index contributed by atoms with van der Waals surface area (Å²) in [6.45, 7) is 4.38. The van der Waals surface area contributed by atoms with Crippen molar-refractivity contribution in [1.29, 1.82) is 0 Å². The molecule has 2 heterocycles. The SMILES string of the molecule is Cc1cc(COc2ccc(C(=O)NC3(C(C)C(=O)NO)CCCCO3)cc2)c2ccccc2n1. The van der Waals surface area contributed by atoms with Crippen molar-refractivity contribution in [2.24, 2.45) is 5.92 Å². The van der Waals surface area contributed by atoms with Crippen LogP contribution in [0.15, 0.2) is 54.6 Å². The van der Waals surface area contributed by atoms with E-state index in [0.29, 0.717) is 30.9 Å². The lowest BCUT2D eigenvalue weighted by Crippen LogP contribution is -2.59. The van der Waals surface area contributed by atoms with Crippen LogP contribution in [0.5, 0.6) is 5.75 Å². The molecule has 1 fully saturated rings. The lowest BCUT2D eigenvalue weighted by molar-refractivity contribution is -0.160. The second-order valence-electron chi connectivity index (χ2n) is 8.60. The average Bonchev–Trinajstić information content (AvgIpc) is 2.87. The van der Waals surface area contributed by atoms with E-state index in [2.05, 4.69) is 10.3 Å². The smallest absolute Gasteiger partial charge is 0.253 e. The van der Waals surface area contributed by atoms with Crippen LogP contribution in [-0.2, 0) is 16.1 Å². The Morgan fingerprint density at radius 1 is 1.18 bits per heavy atom. The fraction of sp³-hybridized carbons (Fsp3) is 0.346. The van der Waals surface area contributed by atoms with E-state index in [-0.39, 0.29) is 5.91 Å². The number of nitrogens with zero attached hydrogens (tertiary/aromatic N) is 1. The van der Waals surface area contributed by atoms with Gasteiger partial charge in [0.05, 0.1) is 11.4 Å². The minimum Gasteiger partial charge on any atom is -0.489 e. The molecule has 2 atom stereocenters. The summed E-state index contributed by atoms with van der Waals surface area (Å²) >= 11 is 0. The van der Waals surface area contributed by atoms with Gasteiger partial charge in [0.15, 0.2) is 5.72 Å². The highest BCUT2D eigenvalue weighted by Crippen LogP contribution is 2.31. The molecular formula is C26H29N3O5. The Kier molecular flexibility index (Phi) is 7.09. The maximum atomic E-state index is 13.0. The van der Waals surface area contributed by atoms with Gasteiger partial charge in [-0.15, -0.1) is 0 Å². The number of benzene rings is 2. The number of aryl methyl sites for hydroxylation is 1. The number of carbonyl (C=O) groups is 2. The monoisotopic (exact) mass is 463 g/mol. The standard InChI is InChI=1S/C26H29N3O5/c1-17-15-20(22-7-3-4-8-23(22)27-17)16-33-21-11-9-19(10-12-21)25(31)28-26(13-5-6-14-34-26)18(2)24(30)29-32/h3-4,7-12,15,18,32H,5-6,13-14,16H2,1-2H3,(H,28,31)(H,29,30). The van der Waals surface area contributed by atoms with E-state index in [1.807, 2.05) is 37.3 Å². The molecule has 0 bridgehead atoms. The van der Waals surface area contributed by atoms with Crippen molar-refractivity contribution in [3.05, 3.63) is 71.4 Å². The minimum absolute atomic E-state index is 0.359. The molecule has 3 N–H and O–H groups in total. The maximum absolute atomic E-state index is 13.0. The number of para-hydroxylation sites is 1. The summed E-state index contributed by atoms with van der Waals surface area (Å²) in [5.41, 5.74) is 3.80. The molecule has 4 rings (SSSR count). The Balaban J connectivity index is 1.45. The van der Waals surface area contributed by atoms with Crippen LogP contribution in [0.1, 0.15) is 47.8 Å². The number of fused-ring (bicyclic) bond motifs is 1. The van der Waals surface area contributed by atoms with Gasteiger partial charge >= 0.3 is 0 Å². The number of amides is 2. The first-order valence-electron chi connectivity index (χ1n) is 11.4. The van der Waals surface area contributed by atoms with Crippen molar-refractivity contribution in [3.8, 4) is 5.75 Å². The van der Waals surface area contributed by atoms with E-state index in [0.717, 1.165) is 35.0 Å². The van der Waals surface area contributed by atoms with Gasteiger partial charge in [-0.05, 0) is 69.5 Å². The van der Waals surface area contributed by atoms with Crippen LogP contribution >= 0.6 is 0 Å². The van der Waals surface area contributed by atoms with Crippen molar-refractivity contribution in [2.45, 2.75) is 45.4 Å². The number of hydrogen-bond acceptors (Lipinski definition) is 6. The van der Waals surface area contributed by atoms with Gasteiger partial charge < -0.3 is 14.8 Å². The number of carbonyl (C=O) groups excluding carboxylic acids is 2. The summed E-state index contributed by atoms with van der Waals surface area (Å²) in [4.78, 5) is 29.6. The first-order chi connectivity index (χ1) is 16.4. The summed E-state index contributed by atoms with van der Waals surface area (Å²) in [5, 5.41) is 13.0. The first kappa shape index (κ1) is 23.7. The summed E-state index contributed by atoms with van der Waals surface area (Å²) in [5.74, 6) is -1.10. The van der Waals surface area contributed by atoms with Crippen LogP contribution in [0.4, 0.5) is 0 Å². The lowest BCUT2D eigenvalue weighted by Gasteiger charge is -2.41. The fourth-order valence-electron chi connectivity index (χ4n) is 4.32. The Bertz CT molecular complexity index is 1170. The molecule has 34 heavy (non-hydrogen) atoms. The summed E-state index contributed by atoms with van der Waals surface area (Å²) in [7, 11) is 0. The molecule has 0 saturated carbocycles. The van der Waals surface area contributed by atoms with Gasteiger partial charge in [0.1, 0.15) is 12.4 Å². The zero-order valence-electron chi connectivity index (χ0n) is 19.3. The number of nitrogens with one attached hydrogen (secondary N) is 2. The van der Waals surface area contributed by atoms with Crippen molar-refractivity contribution >= 4 is 22.7 Å². The average molecular weight is 464 g/mol. The van der Waals surface area contributed by atoms with Crippen LogP contribution in [0.25, 0.3) is 10.9 Å². The van der Waals surface area contributed by atoms with E-state index in [4.69, 9.17) is 14.7 Å². The number of hydroxylamine groups is 1. The number of ether oxygens (including phenoxy) is 2. The molecule has 0 spiro atoms. The molecule has 8 heteroatoms. The third kappa shape index (κ3) is 5.03. The Morgan fingerprint density at radius 3 is 2.65 bits per heavy atom. The first-order valence-corrected chi connectivity index (χ1v) is 11.4. The second-order valence-corrected chi connectivity index (χ2v) is 8.60. The van der Waals surface area contributed by atoms with Gasteiger partial charge in [-0.2, -0.15) is 0 Å². The molecular weight excluding hydrogens is 434 g/mol. The van der Waals surface area contributed by atoms with Gasteiger partial charge in [-0.25, -0.2) is 5.48 Å². The maximum Gasteiger partial charge on any atom is 0.253 e. The van der Waals surface area contributed by atoms with Gasteiger partial charge in [0.25, 0.3) is 11.8 Å². The third-order valence-electron chi connectivity index (χ3n) is 6.27. The molecule has 1 aliphatic rings. The van der Waals surface area contributed by atoms with Crippen molar-refractivity contribution < 1.29 is 24.3 Å². The van der Waals surface area contributed by atoms with E-state index in [9.17, 15) is 9.59 Å². The molecule has 178 valence electrons. The molecule has 1 saturated heterocycles. The van der Waals surface area contributed by atoms with Crippen LogP contribution < -0.4 is 15.5 Å².